The van der Waals surface area contributed by atoms with Gasteiger partial charge in [-0.15, -0.1) is 0 Å². The van der Waals surface area contributed by atoms with Gasteiger partial charge in [-0.2, -0.15) is 0 Å². The van der Waals surface area contributed by atoms with Crippen LogP contribution in [0.2, 0.25) is 0 Å². The normalized spacial score (nSPS) is 13.2. The molecule has 0 saturated carbocycles. The van der Waals surface area contributed by atoms with Crippen molar-refractivity contribution in [1.82, 2.24) is 5.32 Å². The number of hydrogen-bond acceptors (Lipinski definition) is 4. The lowest BCUT2D eigenvalue weighted by Crippen LogP contribution is -2.37. The maximum Gasteiger partial charge on any atom is 0.165 e. The maximum absolute atomic E-state index is 13.6. The van der Waals surface area contributed by atoms with E-state index in [1.807, 2.05) is 6.92 Å². The Hall–Kier alpha value is -1.14. The Morgan fingerprint density at radius 2 is 2.10 bits per heavy atom. The van der Waals surface area contributed by atoms with Gasteiger partial charge in [0.25, 0.3) is 0 Å². The van der Waals surface area contributed by atoms with Crippen LogP contribution < -0.4 is 10.1 Å². The van der Waals surface area contributed by atoms with Gasteiger partial charge in [0.15, 0.2) is 11.6 Å². The molecule has 0 aliphatic heterocycles. The molecule has 0 heterocycles. The van der Waals surface area contributed by atoms with E-state index in [1.165, 1.54) is 19.4 Å². The minimum Gasteiger partial charge on any atom is -0.494 e. The second-order valence-corrected chi connectivity index (χ2v) is 7.10. The summed E-state index contributed by atoms with van der Waals surface area (Å²) in [4.78, 5) is 0. The van der Waals surface area contributed by atoms with Crippen molar-refractivity contribution in [3.8, 4) is 5.75 Å². The number of sulfone groups is 1. The van der Waals surface area contributed by atoms with Gasteiger partial charge in [-0.3, -0.25) is 0 Å². The van der Waals surface area contributed by atoms with E-state index in [4.69, 9.17) is 4.74 Å². The molecule has 6 heteroatoms. The molecule has 4 nitrogen and oxygen atoms in total. The Balaban J connectivity index is 2.80. The van der Waals surface area contributed by atoms with Gasteiger partial charge in [-0.25, -0.2) is 12.8 Å². The van der Waals surface area contributed by atoms with Gasteiger partial charge in [-0.1, -0.05) is 13.0 Å². The molecular formula is C14H22FNO3S. The van der Waals surface area contributed by atoms with E-state index >= 15 is 0 Å². The molecule has 1 N–H and O–H groups in total. The van der Waals surface area contributed by atoms with Crippen LogP contribution in [0.5, 0.6) is 5.75 Å². The van der Waals surface area contributed by atoms with Gasteiger partial charge in [0, 0.05) is 12.3 Å². The van der Waals surface area contributed by atoms with Crippen molar-refractivity contribution in [3.05, 3.63) is 29.6 Å². The van der Waals surface area contributed by atoms with Gasteiger partial charge in [0.1, 0.15) is 9.84 Å². The highest BCUT2D eigenvalue weighted by atomic mass is 32.2. The molecule has 1 rings (SSSR count). The van der Waals surface area contributed by atoms with Crippen molar-refractivity contribution in [2.45, 2.75) is 25.8 Å². The third-order valence-electron chi connectivity index (χ3n) is 2.89. The van der Waals surface area contributed by atoms with Crippen LogP contribution in [0, 0.1) is 5.82 Å². The summed E-state index contributed by atoms with van der Waals surface area (Å²) in [6.45, 7) is 2.75. The largest absolute Gasteiger partial charge is 0.494 e. The highest BCUT2D eigenvalue weighted by Crippen LogP contribution is 2.18. The SMILES string of the molecule is CCCNC(Cc1ccc(OC)c(F)c1)CS(C)(=O)=O. The molecule has 0 bridgehead atoms. The molecule has 0 aromatic heterocycles. The predicted molar refractivity (Wildman–Crippen MR) is 78.4 cm³/mol. The molecule has 0 amide bonds. The van der Waals surface area contributed by atoms with Crippen LogP contribution in [-0.2, 0) is 16.3 Å². The Labute approximate surface area is 120 Å². The minimum atomic E-state index is -3.08. The van der Waals surface area contributed by atoms with Crippen molar-refractivity contribution < 1.29 is 17.5 Å². The summed E-state index contributed by atoms with van der Waals surface area (Å²) in [6, 6.07) is 4.49. The standard InChI is InChI=1S/C14H22FNO3S/c1-4-7-16-12(10-20(3,17)18)8-11-5-6-14(19-2)13(15)9-11/h5-6,9,12,16H,4,7-8,10H2,1-3H3. The molecule has 20 heavy (non-hydrogen) atoms. The highest BCUT2D eigenvalue weighted by molar-refractivity contribution is 7.90. The zero-order chi connectivity index (χ0) is 15.2. The zero-order valence-electron chi connectivity index (χ0n) is 12.1. The molecule has 1 unspecified atom stereocenters. The van der Waals surface area contributed by atoms with Crippen molar-refractivity contribution in [2.75, 3.05) is 25.7 Å². The van der Waals surface area contributed by atoms with Crippen LogP contribution in [-0.4, -0.2) is 40.1 Å². The molecule has 0 fully saturated rings. The fourth-order valence-electron chi connectivity index (χ4n) is 2.03. The summed E-state index contributed by atoms with van der Waals surface area (Å²) >= 11 is 0. The summed E-state index contributed by atoms with van der Waals surface area (Å²) in [5, 5.41) is 3.19. The number of benzene rings is 1. The van der Waals surface area contributed by atoms with Crippen LogP contribution in [0.25, 0.3) is 0 Å². The Kier molecular flexibility index (Phi) is 6.42. The van der Waals surface area contributed by atoms with Crippen LogP contribution in [0.1, 0.15) is 18.9 Å². The third kappa shape index (κ3) is 5.88. The Morgan fingerprint density at radius 1 is 1.40 bits per heavy atom. The van der Waals surface area contributed by atoms with Crippen LogP contribution in [0.15, 0.2) is 18.2 Å². The monoisotopic (exact) mass is 303 g/mol. The number of methoxy groups -OCH3 is 1. The summed E-state index contributed by atoms with van der Waals surface area (Å²) in [7, 11) is -1.67. The number of halogens is 1. The van der Waals surface area contributed by atoms with Crippen molar-refractivity contribution >= 4 is 9.84 Å². The van der Waals surface area contributed by atoms with E-state index in [9.17, 15) is 12.8 Å². The quantitative estimate of drug-likeness (QED) is 0.795. The molecule has 0 aliphatic rings. The van der Waals surface area contributed by atoms with E-state index in [0.717, 1.165) is 18.5 Å². The molecule has 0 saturated heterocycles. The summed E-state index contributed by atoms with van der Waals surface area (Å²) in [6.07, 6.45) is 2.59. The fourth-order valence-corrected chi connectivity index (χ4v) is 2.99. The molecule has 1 aromatic rings. The van der Waals surface area contributed by atoms with Crippen LogP contribution in [0.3, 0.4) is 0 Å². The summed E-state index contributed by atoms with van der Waals surface area (Å²) in [5.74, 6) is -0.200. The lowest BCUT2D eigenvalue weighted by Gasteiger charge is -2.18. The first-order valence-corrected chi connectivity index (χ1v) is 8.65. The van der Waals surface area contributed by atoms with E-state index < -0.39 is 15.7 Å². The number of ether oxygens (including phenoxy) is 1. The second-order valence-electron chi connectivity index (χ2n) is 4.92. The second kappa shape index (κ2) is 7.59. The maximum atomic E-state index is 13.6. The van der Waals surface area contributed by atoms with Crippen LogP contribution >= 0.6 is 0 Å². The summed E-state index contributed by atoms with van der Waals surface area (Å²) in [5.41, 5.74) is 0.751. The molecule has 1 aromatic carbocycles. The van der Waals surface area contributed by atoms with E-state index in [0.29, 0.717) is 6.42 Å². The van der Waals surface area contributed by atoms with Gasteiger partial charge in [0.2, 0.25) is 0 Å². The molecule has 114 valence electrons. The number of nitrogens with one attached hydrogen (secondary N) is 1. The first-order chi connectivity index (χ1) is 9.35. The van der Waals surface area contributed by atoms with Gasteiger partial charge < -0.3 is 10.1 Å². The lowest BCUT2D eigenvalue weighted by atomic mass is 10.1. The van der Waals surface area contributed by atoms with Crippen molar-refractivity contribution in [3.63, 3.8) is 0 Å². The first-order valence-electron chi connectivity index (χ1n) is 6.59. The molecule has 0 radical (unpaired) electrons. The third-order valence-corrected chi connectivity index (χ3v) is 3.89. The smallest absolute Gasteiger partial charge is 0.165 e. The minimum absolute atomic E-state index is 0.0423. The topological polar surface area (TPSA) is 55.4 Å². The first kappa shape index (κ1) is 16.9. The highest BCUT2D eigenvalue weighted by Gasteiger charge is 2.16. The van der Waals surface area contributed by atoms with E-state index in [2.05, 4.69) is 5.32 Å². The number of hydrogen-bond donors (Lipinski definition) is 1. The van der Waals surface area contributed by atoms with Crippen LogP contribution in [0.4, 0.5) is 4.39 Å². The predicted octanol–water partition coefficient (Wildman–Crippen LogP) is 1.79. The summed E-state index contributed by atoms with van der Waals surface area (Å²) < 4.78 is 41.3. The van der Waals surface area contributed by atoms with Gasteiger partial charge in [0.05, 0.1) is 12.9 Å². The average molecular weight is 303 g/mol. The molecule has 0 spiro atoms. The average Bonchev–Trinajstić information content (AvgIpc) is 2.34. The molecule has 0 aliphatic carbocycles. The van der Waals surface area contributed by atoms with Crippen molar-refractivity contribution in [2.24, 2.45) is 0 Å². The number of rotatable bonds is 8. The van der Waals surface area contributed by atoms with E-state index in [-0.39, 0.29) is 17.5 Å². The van der Waals surface area contributed by atoms with Gasteiger partial charge >= 0.3 is 0 Å². The molecular weight excluding hydrogens is 281 g/mol. The van der Waals surface area contributed by atoms with Crippen molar-refractivity contribution in [1.29, 1.82) is 0 Å². The zero-order valence-corrected chi connectivity index (χ0v) is 13.0. The van der Waals surface area contributed by atoms with E-state index in [1.54, 1.807) is 12.1 Å². The van der Waals surface area contributed by atoms with Gasteiger partial charge in [-0.05, 0) is 37.1 Å². The molecule has 1 atom stereocenters. The Bertz CT molecular complexity index is 531. The fraction of sp³-hybridized carbons (Fsp3) is 0.571. The Morgan fingerprint density at radius 3 is 2.60 bits per heavy atom. The lowest BCUT2D eigenvalue weighted by molar-refractivity contribution is 0.386.